The Bertz CT molecular complexity index is 928. The number of carbonyl (C=O) groups excluding carboxylic acids is 3. The number of amides is 3. The maximum Gasteiger partial charge on any atom is 0.237 e. The summed E-state index contributed by atoms with van der Waals surface area (Å²) in [5.74, 6) is 2.34. The first kappa shape index (κ1) is 46.0. The Kier molecular flexibility index (Phi) is 31.4. The van der Waals surface area contributed by atoms with E-state index in [1.807, 2.05) is 0 Å². The Morgan fingerprint density at radius 3 is 0.953 bits per heavy atom. The third-order valence-corrected chi connectivity index (χ3v) is 5.59. The second-order valence-corrected chi connectivity index (χ2v) is 8.09. The van der Waals surface area contributed by atoms with E-state index < -0.39 is 0 Å². The molecule has 43 heavy (non-hydrogen) atoms. The van der Waals surface area contributed by atoms with Crippen molar-refractivity contribution >= 4 is 55.0 Å². The number of hydrogen-bond acceptors (Lipinski definition) is 9. The number of aromatic amines is 3. The molecule has 0 saturated heterocycles. The van der Waals surface area contributed by atoms with Gasteiger partial charge in [0.15, 0.2) is 0 Å². The van der Waals surface area contributed by atoms with E-state index >= 15 is 0 Å². The Morgan fingerprint density at radius 2 is 0.814 bits per heavy atom. The van der Waals surface area contributed by atoms with Crippen LogP contribution in [0.1, 0.15) is 17.5 Å². The first-order chi connectivity index (χ1) is 19.8. The van der Waals surface area contributed by atoms with E-state index in [-0.39, 0.29) is 74.8 Å². The number of aromatic nitrogens is 6. The Morgan fingerprint density at radius 1 is 0.581 bits per heavy atom. The first-order valence-corrected chi connectivity index (χ1v) is 18.9. The van der Waals surface area contributed by atoms with Crippen molar-refractivity contribution in [2.75, 3.05) is 42.3 Å². The zero-order chi connectivity index (χ0) is 31.0. The summed E-state index contributed by atoms with van der Waals surface area (Å²) < 4.78 is 0. The van der Waals surface area contributed by atoms with E-state index in [1.54, 1.807) is 79.5 Å². The van der Waals surface area contributed by atoms with E-state index in [0.29, 0.717) is 19.3 Å². The molecule has 0 saturated carbocycles. The molecule has 0 radical (unpaired) electrons. The topological polar surface area (TPSA) is 209 Å². The SMILES string of the molecule is CNC(=O)[C@H](Cc1ncc[nH]1)NC.CNC(=O)[C@H](Cc1ncc[nH]1)NC.CNC(=O)[C@H](Cc1ncc[nH]1)NC.II.[Zn].[Zn]. The molecular formula is C24H42I2N12O3Zn2. The Balaban J connectivity index is -0.000000530. The zero-order valence-electron chi connectivity index (χ0n) is 25.6. The second-order valence-electron chi connectivity index (χ2n) is 8.09. The minimum Gasteiger partial charge on any atom is -0.358 e. The molecule has 234 valence electrons. The number of hydrogen-bond donors (Lipinski definition) is 9. The number of nitrogens with one attached hydrogen (secondary N) is 9. The van der Waals surface area contributed by atoms with E-state index in [2.05, 4.69) is 99.0 Å². The van der Waals surface area contributed by atoms with Crippen molar-refractivity contribution in [3.05, 3.63) is 54.7 Å². The quantitative estimate of drug-likeness (QED) is 0.0857. The number of halogens is 2. The van der Waals surface area contributed by atoms with Crippen LogP contribution in [0.15, 0.2) is 37.2 Å². The summed E-state index contributed by atoms with van der Waals surface area (Å²) in [5, 5.41) is 16.5. The van der Waals surface area contributed by atoms with Crippen LogP contribution in [-0.4, -0.2) is 108 Å². The smallest absolute Gasteiger partial charge is 0.237 e. The van der Waals surface area contributed by atoms with Crippen molar-refractivity contribution in [3.8, 4) is 0 Å². The normalized spacial score (nSPS) is 11.4. The van der Waals surface area contributed by atoms with Crippen molar-refractivity contribution < 1.29 is 53.3 Å². The summed E-state index contributed by atoms with van der Waals surface area (Å²) in [6.45, 7) is 0. The summed E-state index contributed by atoms with van der Waals surface area (Å²) in [4.78, 5) is 54.7. The van der Waals surface area contributed by atoms with Crippen molar-refractivity contribution in [3.63, 3.8) is 0 Å². The van der Waals surface area contributed by atoms with Gasteiger partial charge in [-0.15, -0.1) is 0 Å². The summed E-state index contributed by atoms with van der Waals surface area (Å²) in [7, 11) is 10.1. The molecular weight excluding hydrogens is 889 g/mol. The Labute approximate surface area is 301 Å². The van der Waals surface area contributed by atoms with Gasteiger partial charge in [-0.05, 0) is 21.1 Å². The molecule has 0 aromatic carbocycles. The third kappa shape index (κ3) is 19.6. The van der Waals surface area contributed by atoms with Crippen molar-refractivity contribution in [1.29, 1.82) is 0 Å². The number of carbonyl (C=O) groups is 3. The molecule has 3 amide bonds. The molecule has 3 rings (SSSR count). The van der Waals surface area contributed by atoms with Gasteiger partial charge in [0, 0.05) is 154 Å². The number of H-pyrrole nitrogens is 3. The van der Waals surface area contributed by atoms with Crippen molar-refractivity contribution in [2.45, 2.75) is 37.4 Å². The summed E-state index contributed by atoms with van der Waals surface area (Å²) in [5.41, 5.74) is 0. The Hall–Kier alpha value is -1.37. The molecule has 0 bridgehead atoms. The molecule has 0 spiro atoms. The molecule has 3 aromatic rings. The standard InChI is InChI=1S/3C8H14N4O.I2.2Zn/c3*1-9-6(8(13)10-2)5-7-11-3-4-12-7;1-2;;/h3*3-4,6,9H,5H2,1-2H3,(H,10,13)(H,11,12);;;/t3*6-;;;/m000.../s1. The number of rotatable bonds is 12. The van der Waals surface area contributed by atoms with Gasteiger partial charge in [-0.25, -0.2) is 15.0 Å². The van der Waals surface area contributed by atoms with Crippen LogP contribution < -0.4 is 31.9 Å². The van der Waals surface area contributed by atoms with Crippen LogP contribution in [0, 0.1) is 0 Å². The number of imidazole rings is 3. The molecule has 3 aromatic heterocycles. The van der Waals surface area contributed by atoms with E-state index in [9.17, 15) is 14.4 Å². The van der Waals surface area contributed by atoms with Gasteiger partial charge in [0.05, 0.1) is 18.1 Å². The molecule has 9 N–H and O–H groups in total. The molecule has 0 aliphatic carbocycles. The largest absolute Gasteiger partial charge is 0.358 e. The number of nitrogens with zero attached hydrogens (tertiary/aromatic N) is 3. The van der Waals surface area contributed by atoms with Gasteiger partial charge >= 0.3 is 0 Å². The van der Waals surface area contributed by atoms with Gasteiger partial charge in [0.1, 0.15) is 17.5 Å². The van der Waals surface area contributed by atoms with Gasteiger partial charge in [-0.3, -0.25) is 14.4 Å². The van der Waals surface area contributed by atoms with Gasteiger partial charge in [0.25, 0.3) is 0 Å². The predicted octanol–water partition coefficient (Wildman–Crippen LogP) is -0.375. The van der Waals surface area contributed by atoms with Crippen LogP contribution >= 0.6 is 37.2 Å². The molecule has 0 unspecified atom stereocenters. The first-order valence-electron chi connectivity index (χ1n) is 12.6. The molecule has 3 heterocycles. The molecule has 0 fully saturated rings. The monoisotopic (exact) mass is 928 g/mol. The maximum atomic E-state index is 11.3. The second kappa shape index (κ2) is 29.3. The summed E-state index contributed by atoms with van der Waals surface area (Å²) in [6.07, 6.45) is 12.0. The molecule has 3 atom stereocenters. The van der Waals surface area contributed by atoms with Crippen molar-refractivity contribution in [1.82, 2.24) is 61.8 Å². The molecule has 0 aliphatic heterocycles. The van der Waals surface area contributed by atoms with Crippen molar-refractivity contribution in [2.24, 2.45) is 0 Å². The van der Waals surface area contributed by atoms with Gasteiger partial charge in [0.2, 0.25) is 17.7 Å². The minimum absolute atomic E-state index is 0. The van der Waals surface area contributed by atoms with Crippen LogP contribution in [0.2, 0.25) is 0 Å². The third-order valence-electron chi connectivity index (χ3n) is 5.59. The predicted molar refractivity (Wildman–Crippen MR) is 176 cm³/mol. The minimum atomic E-state index is -0.226. The van der Waals surface area contributed by atoms with Crippen LogP contribution in [-0.2, 0) is 72.6 Å². The molecule has 19 heteroatoms. The van der Waals surface area contributed by atoms with E-state index in [1.165, 1.54) is 0 Å². The molecule has 15 nitrogen and oxygen atoms in total. The van der Waals surface area contributed by atoms with Gasteiger partial charge in [-0.1, -0.05) is 0 Å². The van der Waals surface area contributed by atoms with E-state index in [4.69, 9.17) is 0 Å². The van der Waals surface area contributed by atoms with Gasteiger partial charge < -0.3 is 46.9 Å². The fraction of sp³-hybridized carbons (Fsp3) is 0.500. The van der Waals surface area contributed by atoms with Crippen LogP contribution in [0.3, 0.4) is 0 Å². The van der Waals surface area contributed by atoms with Gasteiger partial charge in [-0.2, -0.15) is 0 Å². The van der Waals surface area contributed by atoms with Crippen LogP contribution in [0.5, 0.6) is 0 Å². The maximum absolute atomic E-state index is 11.3. The fourth-order valence-electron chi connectivity index (χ4n) is 3.31. The summed E-state index contributed by atoms with van der Waals surface area (Å²) >= 11 is 4.24. The average molecular weight is 931 g/mol. The zero-order valence-corrected chi connectivity index (χ0v) is 35.8. The fourth-order valence-corrected chi connectivity index (χ4v) is 3.31. The average Bonchev–Trinajstić information content (AvgIpc) is 3.83. The summed E-state index contributed by atoms with van der Waals surface area (Å²) in [6, 6.07) is -0.677. The van der Waals surface area contributed by atoms with E-state index in [0.717, 1.165) is 17.5 Å². The van der Waals surface area contributed by atoms with Crippen LogP contribution in [0.25, 0.3) is 0 Å². The van der Waals surface area contributed by atoms with Crippen LogP contribution in [0.4, 0.5) is 0 Å². The number of likely N-dealkylation sites (N-methyl/N-ethyl adjacent to an activating group) is 6. The molecule has 0 aliphatic rings.